The zero-order chi connectivity index (χ0) is 33.4. The van der Waals surface area contributed by atoms with Crippen LogP contribution in [0.2, 0.25) is 0 Å². The summed E-state index contributed by atoms with van der Waals surface area (Å²) >= 11 is 0. The molecule has 11 heteroatoms. The van der Waals surface area contributed by atoms with Crippen molar-refractivity contribution in [3.63, 3.8) is 0 Å². The van der Waals surface area contributed by atoms with Crippen molar-refractivity contribution in [2.75, 3.05) is 13.1 Å². The molecule has 1 saturated heterocycles. The Balaban J connectivity index is 0.00000227. The third kappa shape index (κ3) is 14.0. The molecule has 250 valence electrons. The Kier molecular flexibility index (Phi) is 16.9. The largest absolute Gasteiger partial charge is 0.349 e. The van der Waals surface area contributed by atoms with E-state index in [9.17, 15) is 28.8 Å². The summed E-state index contributed by atoms with van der Waals surface area (Å²) in [4.78, 5) is 77.9. The topological polar surface area (TPSA) is 154 Å². The highest BCUT2D eigenvalue weighted by atomic mass is 16.2. The van der Waals surface area contributed by atoms with Gasteiger partial charge < -0.3 is 26.2 Å². The molecule has 3 unspecified atom stereocenters. The van der Waals surface area contributed by atoms with Crippen LogP contribution >= 0.6 is 0 Å². The predicted octanol–water partition coefficient (Wildman–Crippen LogP) is 3.80. The van der Waals surface area contributed by atoms with Crippen LogP contribution < -0.4 is 21.3 Å². The Morgan fingerprint density at radius 1 is 0.932 bits per heavy atom. The molecule has 1 heterocycles. The zero-order valence-corrected chi connectivity index (χ0v) is 28.1. The molecular formula is C33H57N5O6. The summed E-state index contributed by atoms with van der Waals surface area (Å²) < 4.78 is 0. The standard InChI is InChI=1S/C29H49N5O6.C4H8/c1-18(2)17-21(35)14-15-30-26(38)24(36)19(3)31-25(37)22-13-10-16-34(22)27(39)23(20-11-8-7-9-12-20)32-28(40)33-29(4,5)6;1-3-4-2/h18-20,22-23H,7-17H2,1-6H3,(H,30,38)(H,31,37)(H2,32,33,40);3H,1,4H2,2H3. The van der Waals surface area contributed by atoms with Crippen LogP contribution in [0.4, 0.5) is 4.79 Å². The molecule has 4 N–H and O–H groups in total. The number of carbonyl (C=O) groups is 6. The molecule has 1 saturated carbocycles. The lowest BCUT2D eigenvalue weighted by atomic mass is 9.83. The van der Waals surface area contributed by atoms with Gasteiger partial charge in [0.1, 0.15) is 17.9 Å². The monoisotopic (exact) mass is 619 g/mol. The van der Waals surface area contributed by atoms with Crippen LogP contribution in [-0.4, -0.2) is 77.0 Å². The number of hydrogen-bond acceptors (Lipinski definition) is 6. The minimum atomic E-state index is -1.10. The van der Waals surface area contributed by atoms with Gasteiger partial charge in [-0.1, -0.05) is 46.1 Å². The maximum atomic E-state index is 13.8. The molecule has 1 aliphatic carbocycles. The second kappa shape index (κ2) is 19.2. The highest BCUT2D eigenvalue weighted by Crippen LogP contribution is 2.29. The van der Waals surface area contributed by atoms with Gasteiger partial charge in [0.05, 0.1) is 6.04 Å². The first-order valence-electron chi connectivity index (χ1n) is 16.2. The summed E-state index contributed by atoms with van der Waals surface area (Å²) in [7, 11) is 0. The highest BCUT2D eigenvalue weighted by Gasteiger charge is 2.41. The number of likely N-dealkylation sites (tertiary alicyclic amines) is 1. The molecule has 44 heavy (non-hydrogen) atoms. The second-order valence-corrected chi connectivity index (χ2v) is 13.3. The third-order valence-corrected chi connectivity index (χ3v) is 7.59. The maximum absolute atomic E-state index is 13.8. The number of ketones is 2. The van der Waals surface area contributed by atoms with Gasteiger partial charge >= 0.3 is 6.03 Å². The van der Waals surface area contributed by atoms with Gasteiger partial charge in [0.15, 0.2) is 0 Å². The van der Waals surface area contributed by atoms with Gasteiger partial charge in [-0.2, -0.15) is 0 Å². The summed E-state index contributed by atoms with van der Waals surface area (Å²) in [6.45, 7) is 16.8. The Bertz CT molecular complexity index is 999. The third-order valence-electron chi connectivity index (χ3n) is 7.59. The van der Waals surface area contributed by atoms with Crippen LogP contribution in [0.3, 0.4) is 0 Å². The van der Waals surface area contributed by atoms with E-state index >= 15 is 0 Å². The smallest absolute Gasteiger partial charge is 0.315 e. The Morgan fingerprint density at radius 3 is 2.09 bits per heavy atom. The summed E-state index contributed by atoms with van der Waals surface area (Å²) in [5.41, 5.74) is -0.473. The van der Waals surface area contributed by atoms with Crippen LogP contribution in [0.25, 0.3) is 0 Å². The average molecular weight is 620 g/mol. The molecule has 2 rings (SSSR count). The normalized spacial score (nSPS) is 18.3. The molecule has 2 aliphatic rings. The van der Waals surface area contributed by atoms with E-state index in [0.717, 1.165) is 38.5 Å². The predicted molar refractivity (Wildman–Crippen MR) is 172 cm³/mol. The molecule has 0 aromatic heterocycles. The maximum Gasteiger partial charge on any atom is 0.315 e. The van der Waals surface area contributed by atoms with Crippen LogP contribution in [0.15, 0.2) is 12.7 Å². The van der Waals surface area contributed by atoms with Gasteiger partial charge in [-0.15, -0.1) is 6.58 Å². The average Bonchev–Trinajstić information content (AvgIpc) is 3.44. The van der Waals surface area contributed by atoms with Crippen molar-refractivity contribution in [1.29, 1.82) is 0 Å². The fraction of sp³-hybridized carbons (Fsp3) is 0.758. The van der Waals surface area contributed by atoms with E-state index in [1.807, 2.05) is 40.7 Å². The van der Waals surface area contributed by atoms with Gasteiger partial charge in [0, 0.05) is 31.5 Å². The quantitative estimate of drug-likeness (QED) is 0.182. The van der Waals surface area contributed by atoms with Crippen LogP contribution in [-0.2, 0) is 24.0 Å². The number of hydrogen-bond donors (Lipinski definition) is 4. The molecule has 1 aliphatic heterocycles. The first-order valence-corrected chi connectivity index (χ1v) is 16.2. The van der Waals surface area contributed by atoms with Crippen molar-refractivity contribution in [3.05, 3.63) is 12.7 Å². The number of Topliss-reactive ketones (excluding diaryl/α,β-unsaturated/α-hetero) is 2. The van der Waals surface area contributed by atoms with Crippen molar-refractivity contribution in [2.24, 2.45) is 11.8 Å². The highest BCUT2D eigenvalue weighted by molar-refractivity contribution is 6.38. The number of amides is 5. The van der Waals surface area contributed by atoms with E-state index in [-0.39, 0.29) is 36.5 Å². The number of carbonyl (C=O) groups excluding carboxylic acids is 6. The summed E-state index contributed by atoms with van der Waals surface area (Å²) in [6.07, 6.45) is 9.24. The number of nitrogens with zero attached hydrogens (tertiary/aromatic N) is 1. The molecule has 0 aromatic rings. The van der Waals surface area contributed by atoms with Crippen molar-refractivity contribution in [2.45, 2.75) is 136 Å². The van der Waals surface area contributed by atoms with E-state index in [0.29, 0.717) is 25.8 Å². The van der Waals surface area contributed by atoms with Crippen LogP contribution in [0.1, 0.15) is 113 Å². The lowest BCUT2D eigenvalue weighted by Crippen LogP contribution is -2.59. The molecule has 3 atom stereocenters. The fourth-order valence-corrected chi connectivity index (χ4v) is 5.38. The van der Waals surface area contributed by atoms with Gasteiger partial charge in [0.25, 0.3) is 5.91 Å². The van der Waals surface area contributed by atoms with Gasteiger partial charge in [0.2, 0.25) is 17.6 Å². The van der Waals surface area contributed by atoms with E-state index in [1.165, 1.54) is 11.8 Å². The van der Waals surface area contributed by atoms with Gasteiger partial charge in [-0.05, 0) is 71.6 Å². The van der Waals surface area contributed by atoms with E-state index in [4.69, 9.17) is 0 Å². The number of allylic oxidation sites excluding steroid dienone is 1. The van der Waals surface area contributed by atoms with Crippen molar-refractivity contribution in [1.82, 2.24) is 26.2 Å². The Hall–Kier alpha value is -3.24. The SMILES string of the molecule is C=CCC.CC(C)CC(=O)CCNC(=O)C(=O)C(C)NC(=O)C1CCCN1C(=O)C(NC(=O)NC(C)(C)C)C1CCCCC1. The minimum absolute atomic E-state index is 0.00648. The molecule has 5 amide bonds. The molecule has 0 aromatic carbocycles. The molecule has 2 fully saturated rings. The van der Waals surface area contributed by atoms with Crippen molar-refractivity contribution in [3.8, 4) is 0 Å². The summed E-state index contributed by atoms with van der Waals surface area (Å²) in [5, 5.41) is 10.8. The second-order valence-electron chi connectivity index (χ2n) is 13.3. The minimum Gasteiger partial charge on any atom is -0.349 e. The van der Waals surface area contributed by atoms with Gasteiger partial charge in [-0.3, -0.25) is 24.0 Å². The number of urea groups is 1. The lowest BCUT2D eigenvalue weighted by molar-refractivity contribution is -0.143. The summed E-state index contributed by atoms with van der Waals surface area (Å²) in [5.74, 6) is -2.28. The summed E-state index contributed by atoms with van der Waals surface area (Å²) in [6, 6.07) is -3.06. The molecule has 0 spiro atoms. The van der Waals surface area contributed by atoms with Crippen molar-refractivity contribution >= 4 is 35.3 Å². The van der Waals surface area contributed by atoms with E-state index < -0.39 is 47.3 Å². The lowest BCUT2D eigenvalue weighted by Gasteiger charge is -2.35. The Morgan fingerprint density at radius 2 is 1.55 bits per heavy atom. The van der Waals surface area contributed by atoms with Crippen LogP contribution in [0, 0.1) is 11.8 Å². The number of nitrogens with one attached hydrogen (secondary N) is 4. The molecular weight excluding hydrogens is 562 g/mol. The molecule has 0 bridgehead atoms. The fourth-order valence-electron chi connectivity index (χ4n) is 5.38. The van der Waals surface area contributed by atoms with Crippen molar-refractivity contribution < 1.29 is 28.8 Å². The zero-order valence-electron chi connectivity index (χ0n) is 28.1. The first kappa shape index (κ1) is 38.8. The van der Waals surface area contributed by atoms with Gasteiger partial charge in [-0.25, -0.2) is 4.79 Å². The van der Waals surface area contributed by atoms with E-state index in [1.54, 1.807) is 0 Å². The Labute approximate surface area is 264 Å². The molecule has 11 nitrogen and oxygen atoms in total. The number of rotatable bonds is 13. The van der Waals surface area contributed by atoms with Crippen LogP contribution in [0.5, 0.6) is 0 Å². The molecule has 0 radical (unpaired) electrons. The van der Waals surface area contributed by atoms with E-state index in [2.05, 4.69) is 34.8 Å². The first-order chi connectivity index (χ1) is 20.6.